The normalized spacial score (nSPS) is 17.0. The highest BCUT2D eigenvalue weighted by Gasteiger charge is 2.22. The maximum absolute atomic E-state index is 5.96. The molecule has 1 aliphatic rings. The number of oxazole rings is 1. The summed E-state index contributed by atoms with van der Waals surface area (Å²) in [5.41, 5.74) is 2.25. The van der Waals surface area contributed by atoms with Gasteiger partial charge in [-0.1, -0.05) is 30.3 Å². The second kappa shape index (κ2) is 5.70. The van der Waals surface area contributed by atoms with E-state index in [1.807, 2.05) is 13.8 Å². The van der Waals surface area contributed by atoms with Crippen molar-refractivity contribution in [3.05, 3.63) is 59.3 Å². The Bertz CT molecular complexity index is 854. The predicted molar refractivity (Wildman–Crippen MR) is 89.8 cm³/mol. The van der Waals surface area contributed by atoms with Gasteiger partial charge in [-0.25, -0.2) is 4.98 Å². The summed E-state index contributed by atoms with van der Waals surface area (Å²) in [6, 6.07) is 13.0. The Kier molecular flexibility index (Phi) is 3.54. The van der Waals surface area contributed by atoms with Crippen LogP contribution >= 0.6 is 0 Å². The van der Waals surface area contributed by atoms with Gasteiger partial charge >= 0.3 is 0 Å². The zero-order valence-electron chi connectivity index (χ0n) is 13.4. The fraction of sp³-hybridized carbons (Fsp3) is 0.316. The van der Waals surface area contributed by atoms with Gasteiger partial charge in [0.15, 0.2) is 5.89 Å². The second-order valence-corrected chi connectivity index (χ2v) is 6.10. The molecular weight excluding hydrogens is 288 g/mol. The van der Waals surface area contributed by atoms with Gasteiger partial charge in [0.1, 0.15) is 18.1 Å². The Morgan fingerprint density at radius 2 is 2.04 bits per heavy atom. The number of nitrogens with zero attached hydrogens (tertiary/aromatic N) is 1. The van der Waals surface area contributed by atoms with E-state index in [0.29, 0.717) is 13.2 Å². The van der Waals surface area contributed by atoms with Crippen LogP contribution in [-0.4, -0.2) is 17.6 Å². The third-order valence-electron chi connectivity index (χ3n) is 4.44. The van der Waals surface area contributed by atoms with Crippen molar-refractivity contribution in [2.75, 3.05) is 6.61 Å². The minimum atomic E-state index is 0.276. The van der Waals surface area contributed by atoms with Crippen LogP contribution in [0, 0.1) is 13.8 Å². The van der Waals surface area contributed by atoms with Crippen molar-refractivity contribution in [3.63, 3.8) is 0 Å². The van der Waals surface area contributed by atoms with Crippen molar-refractivity contribution in [1.82, 2.24) is 10.3 Å². The SMILES string of the molecule is Cc1nc(C)c(CNC2COc3ccc4ccccc4c3C2)o1. The lowest BCUT2D eigenvalue weighted by Crippen LogP contribution is -2.39. The van der Waals surface area contributed by atoms with Gasteiger partial charge < -0.3 is 14.5 Å². The first kappa shape index (κ1) is 14.3. The molecule has 4 rings (SSSR count). The Labute approximate surface area is 135 Å². The first-order valence-corrected chi connectivity index (χ1v) is 8.00. The summed E-state index contributed by atoms with van der Waals surface area (Å²) in [7, 11) is 0. The lowest BCUT2D eigenvalue weighted by atomic mass is 9.96. The topological polar surface area (TPSA) is 47.3 Å². The zero-order valence-corrected chi connectivity index (χ0v) is 13.4. The third kappa shape index (κ3) is 2.70. The van der Waals surface area contributed by atoms with Crippen LogP contribution in [0.5, 0.6) is 5.75 Å². The average molecular weight is 308 g/mol. The van der Waals surface area contributed by atoms with Crippen LogP contribution < -0.4 is 10.1 Å². The van der Waals surface area contributed by atoms with Crippen molar-refractivity contribution < 1.29 is 9.15 Å². The summed E-state index contributed by atoms with van der Waals surface area (Å²) in [4.78, 5) is 4.31. The Balaban J connectivity index is 1.54. The summed E-state index contributed by atoms with van der Waals surface area (Å²) in [6.45, 7) is 5.22. The predicted octanol–water partition coefficient (Wildman–Crippen LogP) is 3.54. The fourth-order valence-electron chi connectivity index (χ4n) is 3.26. The summed E-state index contributed by atoms with van der Waals surface area (Å²) < 4.78 is 11.6. The molecule has 0 bridgehead atoms. The number of ether oxygens (including phenoxy) is 1. The molecule has 0 aliphatic carbocycles. The molecule has 0 amide bonds. The Morgan fingerprint density at radius 3 is 2.87 bits per heavy atom. The second-order valence-electron chi connectivity index (χ2n) is 6.10. The molecule has 2 heterocycles. The number of rotatable bonds is 3. The number of hydrogen-bond donors (Lipinski definition) is 1. The van der Waals surface area contributed by atoms with Gasteiger partial charge in [-0.2, -0.15) is 0 Å². The van der Waals surface area contributed by atoms with Crippen LogP contribution in [0.2, 0.25) is 0 Å². The Morgan fingerprint density at radius 1 is 1.17 bits per heavy atom. The molecule has 1 atom stereocenters. The molecule has 4 heteroatoms. The molecule has 4 nitrogen and oxygen atoms in total. The maximum Gasteiger partial charge on any atom is 0.191 e. The molecule has 0 fully saturated rings. The van der Waals surface area contributed by atoms with Crippen LogP contribution in [0.25, 0.3) is 10.8 Å². The molecule has 1 N–H and O–H groups in total. The number of benzene rings is 2. The molecule has 3 aromatic rings. The van der Waals surface area contributed by atoms with E-state index >= 15 is 0 Å². The Hall–Kier alpha value is -2.33. The quantitative estimate of drug-likeness (QED) is 0.804. The van der Waals surface area contributed by atoms with E-state index in [0.717, 1.165) is 29.5 Å². The average Bonchev–Trinajstić information content (AvgIpc) is 2.90. The minimum Gasteiger partial charge on any atom is -0.492 e. The van der Waals surface area contributed by atoms with E-state index < -0.39 is 0 Å². The van der Waals surface area contributed by atoms with Gasteiger partial charge in [0.2, 0.25) is 0 Å². The molecular formula is C19H20N2O2. The maximum atomic E-state index is 5.96. The molecule has 1 aliphatic heterocycles. The molecule has 0 saturated carbocycles. The minimum absolute atomic E-state index is 0.276. The van der Waals surface area contributed by atoms with Gasteiger partial charge in [0, 0.05) is 18.5 Å². The molecule has 0 radical (unpaired) electrons. The number of nitrogens with one attached hydrogen (secondary N) is 1. The van der Waals surface area contributed by atoms with E-state index in [9.17, 15) is 0 Å². The summed E-state index contributed by atoms with van der Waals surface area (Å²) in [6.07, 6.45) is 0.961. The van der Waals surface area contributed by atoms with Crippen molar-refractivity contribution in [1.29, 1.82) is 0 Å². The van der Waals surface area contributed by atoms with Gasteiger partial charge in [0.05, 0.1) is 12.2 Å². The van der Waals surface area contributed by atoms with Crippen molar-refractivity contribution in [3.8, 4) is 5.75 Å². The van der Waals surface area contributed by atoms with Crippen LogP contribution in [0.4, 0.5) is 0 Å². The molecule has 1 aromatic heterocycles. The van der Waals surface area contributed by atoms with Crippen molar-refractivity contribution in [2.45, 2.75) is 32.9 Å². The largest absolute Gasteiger partial charge is 0.492 e. The van der Waals surface area contributed by atoms with Crippen LogP contribution in [0.1, 0.15) is 22.9 Å². The highest BCUT2D eigenvalue weighted by molar-refractivity contribution is 5.88. The first-order chi connectivity index (χ1) is 11.2. The molecule has 23 heavy (non-hydrogen) atoms. The lowest BCUT2D eigenvalue weighted by Gasteiger charge is -2.27. The third-order valence-corrected chi connectivity index (χ3v) is 4.44. The van der Waals surface area contributed by atoms with Gasteiger partial charge in [-0.05, 0) is 30.2 Å². The zero-order chi connectivity index (χ0) is 15.8. The molecule has 2 aromatic carbocycles. The number of fused-ring (bicyclic) bond motifs is 3. The van der Waals surface area contributed by atoms with E-state index in [1.54, 1.807) is 0 Å². The smallest absolute Gasteiger partial charge is 0.191 e. The highest BCUT2D eigenvalue weighted by Crippen LogP contribution is 2.32. The fourth-order valence-corrected chi connectivity index (χ4v) is 3.26. The molecule has 1 unspecified atom stereocenters. The first-order valence-electron chi connectivity index (χ1n) is 8.00. The summed E-state index contributed by atoms with van der Waals surface area (Å²) in [5.74, 6) is 2.63. The molecule has 0 saturated heterocycles. The number of aromatic nitrogens is 1. The molecule has 118 valence electrons. The monoisotopic (exact) mass is 308 g/mol. The highest BCUT2D eigenvalue weighted by atomic mass is 16.5. The van der Waals surface area contributed by atoms with Crippen molar-refractivity contribution in [2.24, 2.45) is 0 Å². The van der Waals surface area contributed by atoms with Crippen molar-refractivity contribution >= 4 is 10.8 Å². The lowest BCUT2D eigenvalue weighted by molar-refractivity contribution is 0.236. The van der Waals surface area contributed by atoms with Gasteiger partial charge in [-0.3, -0.25) is 0 Å². The van der Waals surface area contributed by atoms with E-state index in [1.165, 1.54) is 16.3 Å². The van der Waals surface area contributed by atoms with Crippen LogP contribution in [0.3, 0.4) is 0 Å². The summed E-state index contributed by atoms with van der Waals surface area (Å²) in [5, 5.41) is 6.08. The van der Waals surface area contributed by atoms with Crippen LogP contribution in [-0.2, 0) is 13.0 Å². The number of aryl methyl sites for hydroxylation is 2. The van der Waals surface area contributed by atoms with E-state index in [-0.39, 0.29) is 6.04 Å². The van der Waals surface area contributed by atoms with Gasteiger partial charge in [0.25, 0.3) is 0 Å². The van der Waals surface area contributed by atoms with Gasteiger partial charge in [-0.15, -0.1) is 0 Å². The summed E-state index contributed by atoms with van der Waals surface area (Å²) >= 11 is 0. The number of hydrogen-bond acceptors (Lipinski definition) is 4. The van der Waals surface area contributed by atoms with E-state index in [2.05, 4.69) is 46.7 Å². The molecule has 0 spiro atoms. The van der Waals surface area contributed by atoms with E-state index in [4.69, 9.17) is 9.15 Å². The van der Waals surface area contributed by atoms with Crippen LogP contribution in [0.15, 0.2) is 40.8 Å². The standard InChI is InChI=1S/C19H20N2O2/c1-12-19(23-13(2)21-12)10-20-15-9-17-16-6-4-3-5-14(16)7-8-18(17)22-11-15/h3-8,15,20H,9-11H2,1-2H3.